The number of pyridine rings is 1. The molecule has 5 heteroatoms. The van der Waals surface area contributed by atoms with Gasteiger partial charge in [0.05, 0.1) is 33.6 Å². The predicted molar refractivity (Wildman–Crippen MR) is 255 cm³/mol. The van der Waals surface area contributed by atoms with Crippen molar-refractivity contribution in [2.24, 2.45) is 0 Å². The van der Waals surface area contributed by atoms with Crippen LogP contribution in [0.5, 0.6) is 0 Å². The average molecular weight is 792 g/mol. The van der Waals surface area contributed by atoms with Gasteiger partial charge in [-0.05, 0) is 53.4 Å². The highest BCUT2D eigenvalue weighted by Gasteiger charge is 2.22. The number of aromatic nitrogens is 5. The lowest BCUT2D eigenvalue weighted by Crippen LogP contribution is -1.98. The normalized spacial score (nSPS) is 11.5. The number of benzene rings is 8. The zero-order valence-electron chi connectivity index (χ0n) is 33.6. The minimum Gasteiger partial charge on any atom is -0.309 e. The van der Waals surface area contributed by atoms with Crippen LogP contribution >= 0.6 is 0 Å². The Hall–Kier alpha value is -8.41. The van der Waals surface area contributed by atoms with E-state index in [2.05, 4.69) is 215 Å². The van der Waals surface area contributed by atoms with Gasteiger partial charge < -0.3 is 4.57 Å². The van der Waals surface area contributed by atoms with E-state index in [9.17, 15) is 0 Å². The molecule has 0 bridgehead atoms. The summed E-state index contributed by atoms with van der Waals surface area (Å²) in [5, 5.41) is 10.2. The maximum atomic E-state index is 5.44. The first-order valence-electron chi connectivity index (χ1n) is 20.9. The Balaban J connectivity index is 1.02. The van der Waals surface area contributed by atoms with Crippen LogP contribution in [0.4, 0.5) is 0 Å². The molecule has 0 saturated heterocycles. The smallest absolute Gasteiger partial charge is 0.160 e. The Morgan fingerprint density at radius 2 is 0.887 bits per heavy atom. The number of hydrogen-bond donors (Lipinski definition) is 0. The van der Waals surface area contributed by atoms with Crippen LogP contribution < -0.4 is 0 Å². The number of fused-ring (bicyclic) bond motifs is 6. The Bertz CT molecular complexity index is 3550. The molecule has 8 aromatic carbocycles. The summed E-state index contributed by atoms with van der Waals surface area (Å²) >= 11 is 0. The molecule has 0 amide bonds. The fourth-order valence-electron chi connectivity index (χ4n) is 9.05. The van der Waals surface area contributed by atoms with Gasteiger partial charge in [-0.25, -0.2) is 14.5 Å². The molecule has 0 aliphatic carbocycles. The number of rotatable bonds is 7. The van der Waals surface area contributed by atoms with Gasteiger partial charge >= 0.3 is 0 Å². The van der Waals surface area contributed by atoms with Gasteiger partial charge in [0.15, 0.2) is 5.82 Å². The fourth-order valence-corrected chi connectivity index (χ4v) is 9.05. The quantitative estimate of drug-likeness (QED) is 0.162. The lowest BCUT2D eigenvalue weighted by atomic mass is 9.96. The molecule has 62 heavy (non-hydrogen) atoms. The first-order valence-corrected chi connectivity index (χ1v) is 20.9. The Morgan fingerprint density at radius 1 is 0.355 bits per heavy atom. The largest absolute Gasteiger partial charge is 0.309 e. The van der Waals surface area contributed by atoms with E-state index in [-0.39, 0.29) is 0 Å². The second kappa shape index (κ2) is 14.7. The molecule has 0 saturated carbocycles. The molecule has 0 spiro atoms. The van der Waals surface area contributed by atoms with Crippen molar-refractivity contribution in [3.8, 4) is 73.2 Å². The highest BCUT2D eigenvalue weighted by Crippen LogP contribution is 2.41. The van der Waals surface area contributed by atoms with Crippen molar-refractivity contribution >= 4 is 38.1 Å². The van der Waals surface area contributed by atoms with Crippen LogP contribution in [0.3, 0.4) is 0 Å². The number of para-hydroxylation sites is 2. The van der Waals surface area contributed by atoms with E-state index in [1.807, 2.05) is 18.2 Å². The second-order valence-electron chi connectivity index (χ2n) is 15.7. The summed E-state index contributed by atoms with van der Waals surface area (Å²) in [6.45, 7) is 0. The topological polar surface area (TPSA) is 48.0 Å². The molecule has 0 radical (unpaired) electrons. The SMILES string of the molecule is c1ccc(-c2nc(-c3ccc(-n4c5ccccc5c5ccccc54)cc3)cc(-c3cccc(-c4cc5ccccc5c5c(-c6ccccc6)c(-c6ccccc6)nn45)c3)n2)cc1. The summed E-state index contributed by atoms with van der Waals surface area (Å²) in [5.74, 6) is 0.676. The molecule has 290 valence electrons. The summed E-state index contributed by atoms with van der Waals surface area (Å²) in [6.07, 6.45) is 0. The van der Waals surface area contributed by atoms with Gasteiger partial charge in [0.2, 0.25) is 0 Å². The highest BCUT2D eigenvalue weighted by atomic mass is 15.2. The van der Waals surface area contributed by atoms with Crippen LogP contribution in [0.15, 0.2) is 224 Å². The summed E-state index contributed by atoms with van der Waals surface area (Å²) < 4.78 is 4.49. The van der Waals surface area contributed by atoms with Crippen LogP contribution in [0.25, 0.3) is 111 Å². The van der Waals surface area contributed by atoms with Gasteiger partial charge in [-0.3, -0.25) is 0 Å². The van der Waals surface area contributed by atoms with Gasteiger partial charge in [-0.15, -0.1) is 0 Å². The molecule has 12 aromatic rings. The minimum atomic E-state index is 0.676. The van der Waals surface area contributed by atoms with Crippen molar-refractivity contribution in [1.82, 2.24) is 24.1 Å². The summed E-state index contributed by atoms with van der Waals surface area (Å²) in [7, 11) is 0. The van der Waals surface area contributed by atoms with Gasteiger partial charge in [-0.2, -0.15) is 5.10 Å². The second-order valence-corrected chi connectivity index (χ2v) is 15.7. The van der Waals surface area contributed by atoms with E-state index < -0.39 is 0 Å². The van der Waals surface area contributed by atoms with Crippen LogP contribution in [0, 0.1) is 0 Å². The van der Waals surface area contributed by atoms with Crippen LogP contribution in [-0.4, -0.2) is 24.1 Å². The molecule has 4 heterocycles. The van der Waals surface area contributed by atoms with E-state index >= 15 is 0 Å². The van der Waals surface area contributed by atoms with E-state index in [1.54, 1.807) is 0 Å². The van der Waals surface area contributed by atoms with E-state index in [1.165, 1.54) is 21.8 Å². The fraction of sp³-hybridized carbons (Fsp3) is 0. The van der Waals surface area contributed by atoms with Crippen molar-refractivity contribution in [3.05, 3.63) is 224 Å². The minimum absolute atomic E-state index is 0.676. The number of nitrogens with zero attached hydrogens (tertiary/aromatic N) is 5. The molecule has 4 aromatic heterocycles. The van der Waals surface area contributed by atoms with Gasteiger partial charge in [0, 0.05) is 55.2 Å². The Morgan fingerprint density at radius 3 is 1.56 bits per heavy atom. The summed E-state index contributed by atoms with van der Waals surface area (Å²) in [4.78, 5) is 10.4. The van der Waals surface area contributed by atoms with Crippen LogP contribution in [0.1, 0.15) is 0 Å². The average Bonchev–Trinajstić information content (AvgIpc) is 3.92. The Labute approximate surface area is 358 Å². The third kappa shape index (κ3) is 5.98. The maximum Gasteiger partial charge on any atom is 0.160 e. The van der Waals surface area contributed by atoms with Crippen molar-refractivity contribution < 1.29 is 0 Å². The zero-order valence-corrected chi connectivity index (χ0v) is 33.6. The van der Waals surface area contributed by atoms with Gasteiger partial charge in [0.25, 0.3) is 0 Å². The molecule has 12 rings (SSSR count). The molecule has 0 aliphatic rings. The van der Waals surface area contributed by atoms with E-state index in [4.69, 9.17) is 15.1 Å². The van der Waals surface area contributed by atoms with Crippen molar-refractivity contribution in [2.45, 2.75) is 0 Å². The molecule has 0 N–H and O–H groups in total. The highest BCUT2D eigenvalue weighted by molar-refractivity contribution is 6.10. The first-order chi connectivity index (χ1) is 30.7. The molecular weight excluding hydrogens is 755 g/mol. The maximum absolute atomic E-state index is 5.44. The molecular formula is C57H37N5. The third-order valence-electron chi connectivity index (χ3n) is 11.9. The van der Waals surface area contributed by atoms with E-state index in [0.29, 0.717) is 5.82 Å². The number of hydrogen-bond acceptors (Lipinski definition) is 3. The monoisotopic (exact) mass is 791 g/mol. The standard InChI is InChI=1S/C57H37N5/c1-4-17-39(18-5-1)54-55(40-19-6-2-7-20-40)60-62-53(36-42-23-10-11-26-46(42)56(54)62)44-25-16-24-43(35-44)50-37-49(58-57(59-50)41-21-8-3-9-22-41)38-31-33-45(34-32-38)61-51-29-14-12-27-47(51)48-28-13-15-30-52(48)61/h1-37H. The van der Waals surface area contributed by atoms with E-state index in [0.717, 1.165) is 83.7 Å². The molecule has 5 nitrogen and oxygen atoms in total. The lowest BCUT2D eigenvalue weighted by Gasteiger charge is -2.13. The summed E-state index contributed by atoms with van der Waals surface area (Å²) in [5.41, 5.74) is 15.5. The molecule has 0 fully saturated rings. The van der Waals surface area contributed by atoms with Crippen molar-refractivity contribution in [1.29, 1.82) is 0 Å². The predicted octanol–water partition coefficient (Wildman–Crippen LogP) is 14.4. The van der Waals surface area contributed by atoms with Gasteiger partial charge in [-0.1, -0.05) is 182 Å². The zero-order chi connectivity index (χ0) is 41.0. The molecule has 0 unspecified atom stereocenters. The van der Waals surface area contributed by atoms with Gasteiger partial charge in [0.1, 0.15) is 5.69 Å². The Kier molecular flexibility index (Phi) is 8.42. The third-order valence-corrected chi connectivity index (χ3v) is 11.9. The summed E-state index contributed by atoms with van der Waals surface area (Å²) in [6, 6.07) is 79.0. The van der Waals surface area contributed by atoms with Crippen molar-refractivity contribution in [3.63, 3.8) is 0 Å². The molecule has 0 aliphatic heterocycles. The molecule has 0 atom stereocenters. The first kappa shape index (κ1) is 35.5. The van der Waals surface area contributed by atoms with Crippen LogP contribution in [0.2, 0.25) is 0 Å². The van der Waals surface area contributed by atoms with Crippen molar-refractivity contribution in [2.75, 3.05) is 0 Å². The van der Waals surface area contributed by atoms with Crippen LogP contribution in [-0.2, 0) is 0 Å². The lowest BCUT2D eigenvalue weighted by molar-refractivity contribution is 0.979.